The normalized spacial score (nSPS) is 38.5. The summed E-state index contributed by atoms with van der Waals surface area (Å²) in [7, 11) is 0. The zero-order valence-electron chi connectivity index (χ0n) is 8.87. The summed E-state index contributed by atoms with van der Waals surface area (Å²) in [5, 5.41) is 45.7. The van der Waals surface area contributed by atoms with Crippen molar-refractivity contribution in [1.29, 1.82) is 0 Å². The van der Waals surface area contributed by atoms with Crippen LogP contribution in [0.5, 0.6) is 0 Å². The highest BCUT2D eigenvalue weighted by Crippen LogP contribution is 2.22. The molecule has 0 radical (unpaired) electrons. The van der Waals surface area contributed by atoms with Crippen molar-refractivity contribution >= 4 is 5.97 Å². The first kappa shape index (κ1) is 15.2. The fraction of sp³-hybridized carbons (Fsp3) is 0.875. The molecule has 16 heavy (non-hydrogen) atoms. The number of carboxylic acid groups (broad SMARTS) is 1. The van der Waals surface area contributed by atoms with Crippen molar-refractivity contribution < 1.29 is 40.8 Å². The molecule has 1 aliphatic rings. The first-order chi connectivity index (χ1) is 7.24. The summed E-state index contributed by atoms with van der Waals surface area (Å²) in [5.74, 6) is -2.92. The Morgan fingerprint density at radius 3 is 2.38 bits per heavy atom. The third kappa shape index (κ3) is 4.00. The largest absolute Gasteiger partial charge is 0.550 e. The van der Waals surface area contributed by atoms with E-state index in [-0.39, 0.29) is 13.2 Å². The highest BCUT2D eigenvalue weighted by atomic mass is 16.6. The van der Waals surface area contributed by atoms with Gasteiger partial charge in [-0.25, -0.2) is 0 Å². The number of hydrogen-bond donors (Lipinski definition) is 5. The fourth-order valence-electron chi connectivity index (χ4n) is 1.11. The van der Waals surface area contributed by atoms with E-state index in [4.69, 9.17) is 24.9 Å². The van der Waals surface area contributed by atoms with Crippen LogP contribution in [0.4, 0.5) is 0 Å². The van der Waals surface area contributed by atoms with E-state index in [1.54, 1.807) is 0 Å². The van der Waals surface area contributed by atoms with Crippen LogP contribution in [0.1, 0.15) is 6.92 Å². The van der Waals surface area contributed by atoms with Crippen molar-refractivity contribution in [2.45, 2.75) is 31.0 Å². The minimum absolute atomic E-state index is 0.0854. The number of hydrogen-bond acceptors (Lipinski definition) is 7. The highest BCUT2D eigenvalue weighted by Gasteiger charge is 2.48. The number of ether oxygens (including phenoxy) is 1. The third-order valence-corrected chi connectivity index (χ3v) is 2.04. The molecule has 1 heterocycles. The Morgan fingerprint density at radius 2 is 2.00 bits per heavy atom. The van der Waals surface area contributed by atoms with Crippen LogP contribution in [0.2, 0.25) is 0 Å². The van der Waals surface area contributed by atoms with Gasteiger partial charge in [-0.15, -0.1) is 0 Å². The summed E-state index contributed by atoms with van der Waals surface area (Å²) in [5.41, 5.74) is 3.36. The van der Waals surface area contributed by atoms with Gasteiger partial charge < -0.3 is 40.8 Å². The molecule has 8 heteroatoms. The lowest BCUT2D eigenvalue weighted by atomic mass is 9.97. The highest BCUT2D eigenvalue weighted by molar-refractivity contribution is 5.60. The molecule has 0 aliphatic carbocycles. The summed E-state index contributed by atoms with van der Waals surface area (Å²) in [6.45, 7) is 0.683. The summed E-state index contributed by atoms with van der Waals surface area (Å²) in [6, 6.07) is 0. The van der Waals surface area contributed by atoms with Crippen LogP contribution in [-0.2, 0) is 9.53 Å². The van der Waals surface area contributed by atoms with Crippen molar-refractivity contribution in [2.75, 3.05) is 13.2 Å². The van der Waals surface area contributed by atoms with Gasteiger partial charge in [0.2, 0.25) is 5.79 Å². The molecule has 0 saturated carbocycles. The van der Waals surface area contributed by atoms with E-state index >= 15 is 0 Å². The van der Waals surface area contributed by atoms with Crippen molar-refractivity contribution in [3.05, 3.63) is 0 Å². The predicted octanol–water partition coefficient (Wildman–Crippen LogP) is -5.21. The Kier molecular flexibility index (Phi) is 5.79. The van der Waals surface area contributed by atoms with Crippen LogP contribution in [0.15, 0.2) is 0 Å². The average Bonchev–Trinajstić information content (AvgIpc) is 2.20. The van der Waals surface area contributed by atoms with Crippen LogP contribution in [0.3, 0.4) is 0 Å². The molecule has 1 saturated heterocycles. The van der Waals surface area contributed by atoms with Crippen molar-refractivity contribution in [2.24, 2.45) is 0 Å². The fourth-order valence-corrected chi connectivity index (χ4v) is 1.11. The van der Waals surface area contributed by atoms with Gasteiger partial charge in [0.15, 0.2) is 0 Å². The quantitative estimate of drug-likeness (QED) is 0.306. The van der Waals surface area contributed by atoms with E-state index in [1.807, 2.05) is 0 Å². The molecule has 4 atom stereocenters. The molecule has 0 aromatic heterocycles. The maximum atomic E-state index is 9.43. The van der Waals surface area contributed by atoms with Gasteiger partial charge in [0.05, 0.1) is 6.61 Å². The van der Waals surface area contributed by atoms with E-state index in [9.17, 15) is 10.2 Å². The van der Waals surface area contributed by atoms with Gasteiger partial charge in [-0.3, -0.25) is 0 Å². The summed E-state index contributed by atoms with van der Waals surface area (Å²) >= 11 is 0. The standard InChI is InChI=1S/C6H13NO5.C2H4O2/c7-2-6(11)5(10)4(9)3(8)1-12-6;1-2(3)4/h3-5,8-11H,1-2,7H2;1H3,(H,3,4)/t3-,4-,5+,6-;/m1./s1. The SMILES string of the molecule is CC(=O)[O-].[NH3+]C[C@@]1(O)OC[C@@H](O)[C@@H](O)[C@@H]1O. The Balaban J connectivity index is 0.000000487. The molecule has 1 rings (SSSR count). The minimum atomic E-state index is -1.83. The molecule has 7 N–H and O–H groups in total. The van der Waals surface area contributed by atoms with Crippen molar-refractivity contribution in [1.82, 2.24) is 0 Å². The second-order valence-corrected chi connectivity index (χ2v) is 3.40. The molecule has 8 nitrogen and oxygen atoms in total. The molecule has 0 unspecified atom stereocenters. The lowest BCUT2D eigenvalue weighted by Crippen LogP contribution is -2.72. The monoisotopic (exact) mass is 239 g/mol. The molecule has 0 aromatic carbocycles. The Morgan fingerprint density at radius 1 is 1.56 bits per heavy atom. The van der Waals surface area contributed by atoms with Gasteiger partial charge in [0, 0.05) is 5.97 Å². The van der Waals surface area contributed by atoms with Gasteiger partial charge in [0.1, 0.15) is 24.9 Å². The Labute approximate surface area is 91.9 Å². The van der Waals surface area contributed by atoms with Crippen LogP contribution >= 0.6 is 0 Å². The number of aliphatic hydroxyl groups is 4. The number of quaternary nitrogens is 1. The van der Waals surface area contributed by atoms with Crippen LogP contribution in [0.25, 0.3) is 0 Å². The lowest BCUT2D eigenvalue weighted by molar-refractivity contribution is -0.460. The van der Waals surface area contributed by atoms with E-state index in [0.717, 1.165) is 6.92 Å². The zero-order chi connectivity index (χ0) is 12.9. The summed E-state index contributed by atoms with van der Waals surface area (Å²) < 4.78 is 4.74. The van der Waals surface area contributed by atoms with Gasteiger partial charge in [-0.05, 0) is 6.92 Å². The maximum absolute atomic E-state index is 9.43. The molecule has 0 amide bonds. The maximum Gasteiger partial charge on any atom is 0.245 e. The topological polar surface area (TPSA) is 158 Å². The van der Waals surface area contributed by atoms with E-state index in [1.165, 1.54) is 0 Å². The van der Waals surface area contributed by atoms with Crippen molar-refractivity contribution in [3.8, 4) is 0 Å². The molecule has 0 spiro atoms. The minimum Gasteiger partial charge on any atom is -0.550 e. The lowest BCUT2D eigenvalue weighted by Gasteiger charge is -2.39. The number of carboxylic acids is 1. The summed E-state index contributed by atoms with van der Waals surface area (Å²) in [6.07, 6.45) is -4.06. The molecular weight excluding hydrogens is 222 g/mol. The number of aliphatic carboxylic acids is 1. The second kappa shape index (κ2) is 6.09. The third-order valence-electron chi connectivity index (χ3n) is 2.04. The predicted molar refractivity (Wildman–Crippen MR) is 47.4 cm³/mol. The van der Waals surface area contributed by atoms with E-state index < -0.39 is 30.1 Å². The first-order valence-corrected chi connectivity index (χ1v) is 4.62. The van der Waals surface area contributed by atoms with Gasteiger partial charge in [0.25, 0.3) is 0 Å². The molecule has 1 aliphatic heterocycles. The number of carbonyl (C=O) groups excluding carboxylic acids is 1. The van der Waals surface area contributed by atoms with E-state index in [0.29, 0.717) is 0 Å². The average molecular weight is 239 g/mol. The number of aliphatic hydroxyl groups excluding tert-OH is 3. The second-order valence-electron chi connectivity index (χ2n) is 3.40. The van der Waals surface area contributed by atoms with Crippen LogP contribution in [-0.4, -0.2) is 63.6 Å². The summed E-state index contributed by atoms with van der Waals surface area (Å²) in [4.78, 5) is 8.89. The molecule has 0 bridgehead atoms. The molecule has 96 valence electrons. The van der Waals surface area contributed by atoms with Crippen molar-refractivity contribution in [3.63, 3.8) is 0 Å². The number of rotatable bonds is 1. The smallest absolute Gasteiger partial charge is 0.245 e. The molecule has 0 aromatic rings. The van der Waals surface area contributed by atoms with Crippen LogP contribution in [0, 0.1) is 0 Å². The number of carbonyl (C=O) groups is 1. The zero-order valence-corrected chi connectivity index (χ0v) is 8.87. The molecular formula is C8H17NO7. The molecule has 1 fully saturated rings. The van der Waals surface area contributed by atoms with Gasteiger partial charge >= 0.3 is 0 Å². The van der Waals surface area contributed by atoms with E-state index in [2.05, 4.69) is 5.73 Å². The Bertz CT molecular complexity index is 232. The van der Waals surface area contributed by atoms with Crippen LogP contribution < -0.4 is 10.8 Å². The first-order valence-electron chi connectivity index (χ1n) is 4.62. The Hall–Kier alpha value is -0.770. The van der Waals surface area contributed by atoms with Gasteiger partial charge in [-0.2, -0.15) is 0 Å². The van der Waals surface area contributed by atoms with Gasteiger partial charge in [-0.1, -0.05) is 0 Å².